The Morgan fingerprint density at radius 3 is 2.77 bits per heavy atom. The molecule has 0 saturated carbocycles. The molecule has 0 spiro atoms. The highest BCUT2D eigenvalue weighted by molar-refractivity contribution is 7.99. The van der Waals surface area contributed by atoms with E-state index in [0.717, 1.165) is 47.5 Å². The summed E-state index contributed by atoms with van der Waals surface area (Å²) in [7, 11) is 0. The van der Waals surface area contributed by atoms with Gasteiger partial charge in [-0.15, -0.1) is 11.3 Å². The number of carbonyl (C=O) groups excluding carboxylic acids is 2. The van der Waals surface area contributed by atoms with Crippen LogP contribution in [0.1, 0.15) is 52.5 Å². The van der Waals surface area contributed by atoms with E-state index in [-0.39, 0.29) is 23.2 Å². The summed E-state index contributed by atoms with van der Waals surface area (Å²) >= 11 is 2.16. The second-order valence-corrected chi connectivity index (χ2v) is 9.34. The van der Waals surface area contributed by atoms with Crippen molar-refractivity contribution in [3.05, 3.63) is 33.5 Å². The molecule has 3 rings (SSSR count). The van der Waals surface area contributed by atoms with Gasteiger partial charge in [-0.05, 0) is 50.7 Å². The minimum atomic E-state index is -4.59. The summed E-state index contributed by atoms with van der Waals surface area (Å²) in [6.07, 6.45) is -2.07. The van der Waals surface area contributed by atoms with Gasteiger partial charge in [0.05, 0.1) is 17.9 Å². The lowest BCUT2D eigenvalue weighted by Crippen LogP contribution is -2.18. The molecular weight excluding hydrogens is 451 g/mol. The number of alkyl halides is 3. The van der Waals surface area contributed by atoms with E-state index in [4.69, 9.17) is 4.74 Å². The van der Waals surface area contributed by atoms with Crippen LogP contribution in [0.4, 0.5) is 18.2 Å². The number of hydrogen-bond donors (Lipinski definition) is 1. The Morgan fingerprint density at radius 2 is 2.10 bits per heavy atom. The number of halogens is 3. The third kappa shape index (κ3) is 5.76. The summed E-state index contributed by atoms with van der Waals surface area (Å²) in [5.74, 6) is -0.640. The number of ether oxygens (including phenoxy) is 1. The van der Waals surface area contributed by atoms with Gasteiger partial charge in [0.25, 0.3) is 0 Å². The Labute approximate surface area is 186 Å². The van der Waals surface area contributed by atoms with E-state index in [0.29, 0.717) is 16.5 Å². The molecule has 11 heteroatoms. The SMILES string of the molecule is CCOC(=O)c1c(NC(=O)CSc2nc(C)cc(C(F)(F)F)n2)sc2c1CC[C@H](C)C2. The molecule has 0 bridgehead atoms. The first kappa shape index (κ1) is 23.5. The molecule has 0 saturated heterocycles. The van der Waals surface area contributed by atoms with Crippen LogP contribution in [0.3, 0.4) is 0 Å². The highest BCUT2D eigenvalue weighted by Crippen LogP contribution is 2.40. The van der Waals surface area contributed by atoms with Crippen molar-refractivity contribution in [1.82, 2.24) is 9.97 Å². The van der Waals surface area contributed by atoms with Crippen LogP contribution in [0, 0.1) is 12.8 Å². The fraction of sp³-hybridized carbons (Fsp3) is 0.500. The van der Waals surface area contributed by atoms with Gasteiger partial charge in [-0.1, -0.05) is 18.7 Å². The molecular formula is C20H22F3N3O3S2. The standard InChI is InChI=1S/C20H22F3N3O3S2/c1-4-29-18(28)16-12-6-5-10(2)7-13(12)31-17(16)26-15(27)9-30-19-24-11(3)8-14(25-19)20(21,22)23/h8,10H,4-7,9H2,1-3H3,(H,26,27)/t10-/m0/s1. The van der Waals surface area contributed by atoms with Gasteiger partial charge in [0.15, 0.2) is 5.16 Å². The average molecular weight is 474 g/mol. The molecule has 1 atom stereocenters. The summed E-state index contributed by atoms with van der Waals surface area (Å²) < 4.78 is 44.0. The molecule has 6 nitrogen and oxygen atoms in total. The molecule has 0 fully saturated rings. The highest BCUT2D eigenvalue weighted by atomic mass is 32.2. The zero-order chi connectivity index (χ0) is 22.8. The van der Waals surface area contributed by atoms with Gasteiger partial charge in [-0.3, -0.25) is 4.79 Å². The van der Waals surface area contributed by atoms with Crippen LogP contribution in [0.2, 0.25) is 0 Å². The van der Waals surface area contributed by atoms with Crippen molar-refractivity contribution in [3.63, 3.8) is 0 Å². The van der Waals surface area contributed by atoms with Gasteiger partial charge in [0.2, 0.25) is 5.91 Å². The van der Waals surface area contributed by atoms with E-state index in [9.17, 15) is 22.8 Å². The molecule has 1 aliphatic carbocycles. The van der Waals surface area contributed by atoms with Crippen molar-refractivity contribution in [2.24, 2.45) is 5.92 Å². The first-order chi connectivity index (χ1) is 14.6. The number of aromatic nitrogens is 2. The predicted octanol–water partition coefficient (Wildman–Crippen LogP) is 4.90. The Bertz CT molecular complexity index is 992. The van der Waals surface area contributed by atoms with Gasteiger partial charge >= 0.3 is 12.1 Å². The quantitative estimate of drug-likeness (QED) is 0.365. The minimum Gasteiger partial charge on any atom is -0.462 e. The van der Waals surface area contributed by atoms with E-state index in [1.807, 2.05) is 0 Å². The van der Waals surface area contributed by atoms with Crippen molar-refractivity contribution >= 4 is 40.0 Å². The number of aryl methyl sites for hydroxylation is 1. The van der Waals surface area contributed by atoms with E-state index in [1.54, 1.807) is 6.92 Å². The summed E-state index contributed by atoms with van der Waals surface area (Å²) in [5.41, 5.74) is 0.419. The van der Waals surface area contributed by atoms with Crippen LogP contribution < -0.4 is 5.32 Å². The van der Waals surface area contributed by atoms with Crippen LogP contribution in [0.25, 0.3) is 0 Å². The van der Waals surface area contributed by atoms with Gasteiger partial charge < -0.3 is 10.1 Å². The van der Waals surface area contributed by atoms with Crippen LogP contribution in [-0.4, -0.2) is 34.2 Å². The number of rotatable bonds is 6. The molecule has 0 unspecified atom stereocenters. The topological polar surface area (TPSA) is 81.2 Å². The lowest BCUT2D eigenvalue weighted by atomic mass is 9.88. The van der Waals surface area contributed by atoms with Crippen molar-refractivity contribution in [2.75, 3.05) is 17.7 Å². The Hall–Kier alpha value is -2.14. The molecule has 0 aliphatic heterocycles. The third-order valence-electron chi connectivity index (χ3n) is 4.70. The van der Waals surface area contributed by atoms with Crippen LogP contribution in [-0.2, 0) is 28.5 Å². The summed E-state index contributed by atoms with van der Waals surface area (Å²) in [6, 6.07) is 0.854. The zero-order valence-corrected chi connectivity index (χ0v) is 18.9. The van der Waals surface area contributed by atoms with Gasteiger partial charge in [0, 0.05) is 10.6 Å². The molecule has 0 radical (unpaired) electrons. The smallest absolute Gasteiger partial charge is 0.433 e. The van der Waals surface area contributed by atoms with Gasteiger partial charge in [0.1, 0.15) is 10.7 Å². The fourth-order valence-electron chi connectivity index (χ4n) is 3.30. The number of fused-ring (bicyclic) bond motifs is 1. The van der Waals surface area contributed by atoms with Crippen molar-refractivity contribution in [1.29, 1.82) is 0 Å². The zero-order valence-electron chi connectivity index (χ0n) is 17.3. The Balaban J connectivity index is 1.75. The Morgan fingerprint density at radius 1 is 1.35 bits per heavy atom. The molecule has 1 N–H and O–H groups in total. The number of thiophene rings is 1. The molecule has 31 heavy (non-hydrogen) atoms. The summed E-state index contributed by atoms with van der Waals surface area (Å²) in [4.78, 5) is 33.5. The molecule has 0 aromatic carbocycles. The fourth-order valence-corrected chi connectivity index (χ4v) is 5.42. The predicted molar refractivity (Wildman–Crippen MR) is 113 cm³/mol. The maximum absolute atomic E-state index is 12.9. The summed E-state index contributed by atoms with van der Waals surface area (Å²) in [6.45, 7) is 5.50. The maximum atomic E-state index is 12.9. The first-order valence-electron chi connectivity index (χ1n) is 9.75. The number of hydrogen-bond acceptors (Lipinski definition) is 7. The van der Waals surface area contributed by atoms with Crippen LogP contribution >= 0.6 is 23.1 Å². The lowest BCUT2D eigenvalue weighted by molar-refractivity contribution is -0.141. The lowest BCUT2D eigenvalue weighted by Gasteiger charge is -2.18. The molecule has 2 aromatic heterocycles. The van der Waals surface area contributed by atoms with Crippen LogP contribution in [0.5, 0.6) is 0 Å². The maximum Gasteiger partial charge on any atom is 0.433 e. The normalized spacial score (nSPS) is 16.0. The largest absolute Gasteiger partial charge is 0.462 e. The number of carbonyl (C=O) groups is 2. The second-order valence-electron chi connectivity index (χ2n) is 7.29. The van der Waals surface area contributed by atoms with E-state index >= 15 is 0 Å². The first-order valence-corrected chi connectivity index (χ1v) is 11.6. The third-order valence-corrected chi connectivity index (χ3v) is 6.72. The number of anilines is 1. The van der Waals surface area contributed by atoms with Crippen molar-refractivity contribution in [3.8, 4) is 0 Å². The number of esters is 1. The monoisotopic (exact) mass is 473 g/mol. The molecule has 2 aromatic rings. The summed E-state index contributed by atoms with van der Waals surface area (Å²) in [5, 5.41) is 3.02. The molecule has 2 heterocycles. The van der Waals surface area contributed by atoms with Gasteiger partial charge in [-0.2, -0.15) is 13.2 Å². The van der Waals surface area contributed by atoms with E-state index in [1.165, 1.54) is 18.3 Å². The number of thioether (sulfide) groups is 1. The van der Waals surface area contributed by atoms with E-state index < -0.39 is 23.7 Å². The van der Waals surface area contributed by atoms with Gasteiger partial charge in [-0.25, -0.2) is 14.8 Å². The molecule has 168 valence electrons. The van der Waals surface area contributed by atoms with Crippen molar-refractivity contribution in [2.45, 2.75) is 51.4 Å². The highest BCUT2D eigenvalue weighted by Gasteiger charge is 2.33. The van der Waals surface area contributed by atoms with E-state index in [2.05, 4.69) is 22.2 Å². The average Bonchev–Trinajstić information content (AvgIpc) is 3.02. The Kier molecular flexibility index (Phi) is 7.25. The second kappa shape index (κ2) is 9.56. The number of nitrogens with one attached hydrogen (secondary N) is 1. The molecule has 1 aliphatic rings. The minimum absolute atomic E-state index is 0.132. The van der Waals surface area contributed by atoms with Crippen LogP contribution in [0.15, 0.2) is 11.2 Å². The number of amides is 1. The number of nitrogens with zero attached hydrogens (tertiary/aromatic N) is 2. The van der Waals surface area contributed by atoms with Crippen molar-refractivity contribution < 1.29 is 27.5 Å². The molecule has 1 amide bonds.